The summed E-state index contributed by atoms with van der Waals surface area (Å²) in [4.78, 5) is 12.7. The van der Waals surface area contributed by atoms with Gasteiger partial charge in [-0.3, -0.25) is 10.2 Å². The van der Waals surface area contributed by atoms with Crippen molar-refractivity contribution < 1.29 is 4.79 Å². The van der Waals surface area contributed by atoms with E-state index in [-0.39, 0.29) is 29.3 Å². The second-order valence-corrected chi connectivity index (χ2v) is 6.76. The molecule has 1 aromatic heterocycles. The molecule has 0 unspecified atom stereocenters. The van der Waals surface area contributed by atoms with Crippen LogP contribution in [0.1, 0.15) is 21.5 Å². The Hall–Kier alpha value is -2.92. The average Bonchev–Trinajstić information content (AvgIpc) is 2.96. The molecule has 0 spiro atoms. The maximum atomic E-state index is 12.7. The first-order chi connectivity index (χ1) is 13.1. The number of nitrogens with zero attached hydrogens (tertiary/aromatic N) is 2. The second-order valence-electron chi connectivity index (χ2n) is 6.76. The van der Waals surface area contributed by atoms with Crippen LogP contribution in [0.3, 0.4) is 0 Å². The third kappa shape index (κ3) is 3.85. The third-order valence-corrected chi connectivity index (χ3v) is 4.83. The van der Waals surface area contributed by atoms with Crippen LogP contribution in [0.4, 0.5) is 0 Å². The van der Waals surface area contributed by atoms with Gasteiger partial charge in [-0.2, -0.15) is 0 Å². The summed E-state index contributed by atoms with van der Waals surface area (Å²) in [6.07, 6.45) is 0. The van der Waals surface area contributed by atoms with Crippen LogP contribution in [-0.4, -0.2) is 14.9 Å². The van der Waals surface area contributed by atoms with E-state index in [1.165, 1.54) is 5.56 Å². The van der Waals surface area contributed by atoms with E-state index in [9.17, 15) is 4.79 Å². The van der Waals surface area contributed by atoms with Gasteiger partial charge in [0.1, 0.15) is 0 Å². The predicted octanol–water partition coefficient (Wildman–Crippen LogP) is 4.74. The average molecular weight is 436 g/mol. The third-order valence-electron chi connectivity index (χ3n) is 4.83. The number of para-hydroxylation sites is 2. The lowest BCUT2D eigenvalue weighted by molar-refractivity contribution is 0.0971. The standard InChI is InChI=1S/C23H21N3O.BrH/c1-17-11-13-18(14-12-17)15-25-20-9-5-6-10-21(20)26(23(25)24)16-22(27)19-7-3-2-4-8-19;/h2-14,24H,15-16H2,1H3;1H. The van der Waals surface area contributed by atoms with Gasteiger partial charge in [-0.25, -0.2) is 0 Å². The van der Waals surface area contributed by atoms with Crippen molar-refractivity contribution in [3.8, 4) is 0 Å². The molecule has 4 rings (SSSR count). The molecule has 5 heteroatoms. The Labute approximate surface area is 174 Å². The number of hydrogen-bond acceptors (Lipinski definition) is 2. The number of rotatable bonds is 5. The van der Waals surface area contributed by atoms with Crippen molar-refractivity contribution >= 4 is 33.8 Å². The highest BCUT2D eigenvalue weighted by Gasteiger charge is 2.14. The van der Waals surface area contributed by atoms with E-state index in [1.54, 1.807) is 4.57 Å². The zero-order valence-electron chi connectivity index (χ0n) is 15.6. The molecular formula is C23H22BrN3O. The van der Waals surface area contributed by atoms with Gasteiger partial charge in [0.2, 0.25) is 5.62 Å². The molecule has 4 aromatic rings. The monoisotopic (exact) mass is 435 g/mol. The van der Waals surface area contributed by atoms with Gasteiger partial charge >= 0.3 is 0 Å². The highest BCUT2D eigenvalue weighted by molar-refractivity contribution is 8.93. The van der Waals surface area contributed by atoms with E-state index >= 15 is 0 Å². The number of Topliss-reactive ketones (excluding diaryl/α,β-unsaturated/α-hetero) is 1. The van der Waals surface area contributed by atoms with Crippen molar-refractivity contribution in [2.24, 2.45) is 0 Å². The van der Waals surface area contributed by atoms with Crippen molar-refractivity contribution in [1.82, 2.24) is 9.13 Å². The smallest absolute Gasteiger partial charge is 0.203 e. The zero-order valence-corrected chi connectivity index (χ0v) is 17.3. The Morgan fingerprint density at radius 2 is 1.39 bits per heavy atom. The number of carbonyl (C=O) groups excluding carboxylic acids is 1. The molecule has 0 amide bonds. The number of aromatic nitrogens is 2. The summed E-state index contributed by atoms with van der Waals surface area (Å²) in [6.45, 7) is 2.82. The first kappa shape index (κ1) is 19.8. The van der Waals surface area contributed by atoms with Gasteiger partial charge in [-0.15, -0.1) is 17.0 Å². The van der Waals surface area contributed by atoms with Crippen molar-refractivity contribution in [2.45, 2.75) is 20.0 Å². The number of imidazole rings is 1. The molecule has 0 bridgehead atoms. The van der Waals surface area contributed by atoms with Gasteiger partial charge in [-0.05, 0) is 24.6 Å². The molecule has 0 aliphatic heterocycles. The van der Waals surface area contributed by atoms with Gasteiger partial charge in [-0.1, -0.05) is 72.3 Å². The number of benzene rings is 3. The fraction of sp³-hybridized carbons (Fsp3) is 0.130. The van der Waals surface area contributed by atoms with Crippen LogP contribution in [-0.2, 0) is 13.1 Å². The van der Waals surface area contributed by atoms with Gasteiger partial charge in [0.05, 0.1) is 24.1 Å². The van der Waals surface area contributed by atoms with E-state index in [0.717, 1.165) is 16.6 Å². The van der Waals surface area contributed by atoms with Crippen LogP contribution in [0.25, 0.3) is 11.0 Å². The highest BCUT2D eigenvalue weighted by Crippen LogP contribution is 2.16. The molecule has 1 heterocycles. The Kier molecular flexibility index (Phi) is 5.95. The molecule has 0 fully saturated rings. The molecule has 3 aromatic carbocycles. The van der Waals surface area contributed by atoms with Crippen LogP contribution >= 0.6 is 17.0 Å². The quantitative estimate of drug-likeness (QED) is 0.452. The van der Waals surface area contributed by atoms with Gasteiger partial charge in [0.15, 0.2) is 5.78 Å². The molecule has 0 aliphatic carbocycles. The number of nitrogens with one attached hydrogen (secondary N) is 1. The molecule has 0 saturated carbocycles. The summed E-state index contributed by atoms with van der Waals surface area (Å²) in [7, 11) is 0. The van der Waals surface area contributed by atoms with E-state index < -0.39 is 0 Å². The SMILES string of the molecule is Br.Cc1ccc(Cn2c(=N)n(CC(=O)c3ccccc3)c3ccccc32)cc1. The number of aryl methyl sites for hydroxylation is 1. The minimum Gasteiger partial charge on any atom is -0.306 e. The minimum absolute atomic E-state index is 0. The Balaban J connectivity index is 0.00000225. The lowest BCUT2D eigenvalue weighted by Crippen LogP contribution is -2.27. The van der Waals surface area contributed by atoms with Crippen LogP contribution in [0, 0.1) is 12.3 Å². The van der Waals surface area contributed by atoms with Crippen LogP contribution in [0.2, 0.25) is 0 Å². The molecular weight excluding hydrogens is 414 g/mol. The number of hydrogen-bond donors (Lipinski definition) is 1. The maximum Gasteiger partial charge on any atom is 0.203 e. The van der Waals surface area contributed by atoms with Gasteiger partial charge in [0, 0.05) is 5.56 Å². The largest absolute Gasteiger partial charge is 0.306 e. The minimum atomic E-state index is 0. The van der Waals surface area contributed by atoms with Crippen LogP contribution in [0.15, 0.2) is 78.9 Å². The first-order valence-electron chi connectivity index (χ1n) is 9.00. The molecule has 0 radical (unpaired) electrons. The maximum absolute atomic E-state index is 12.7. The second kappa shape index (κ2) is 8.40. The molecule has 0 atom stereocenters. The summed E-state index contributed by atoms with van der Waals surface area (Å²) in [5.41, 5.74) is 5.21. The molecule has 142 valence electrons. The highest BCUT2D eigenvalue weighted by atomic mass is 79.9. The lowest BCUT2D eigenvalue weighted by atomic mass is 10.1. The van der Waals surface area contributed by atoms with Crippen molar-refractivity contribution in [3.63, 3.8) is 0 Å². The van der Waals surface area contributed by atoms with E-state index in [2.05, 4.69) is 31.2 Å². The van der Waals surface area contributed by atoms with E-state index in [1.807, 2.05) is 59.2 Å². The molecule has 4 nitrogen and oxygen atoms in total. The van der Waals surface area contributed by atoms with E-state index in [0.29, 0.717) is 17.7 Å². The fourth-order valence-electron chi connectivity index (χ4n) is 3.35. The number of carbonyl (C=O) groups is 1. The molecule has 0 aliphatic rings. The van der Waals surface area contributed by atoms with Crippen molar-refractivity contribution in [2.75, 3.05) is 0 Å². The fourth-order valence-corrected chi connectivity index (χ4v) is 3.35. The first-order valence-corrected chi connectivity index (χ1v) is 9.00. The topological polar surface area (TPSA) is 50.8 Å². The summed E-state index contributed by atoms with van der Waals surface area (Å²) < 4.78 is 3.75. The summed E-state index contributed by atoms with van der Waals surface area (Å²) in [6, 6.07) is 25.5. The zero-order chi connectivity index (χ0) is 18.8. The Morgan fingerprint density at radius 3 is 2.04 bits per heavy atom. The van der Waals surface area contributed by atoms with Crippen molar-refractivity contribution in [3.05, 3.63) is 101 Å². The van der Waals surface area contributed by atoms with Gasteiger partial charge in [0.25, 0.3) is 0 Å². The normalized spacial score (nSPS) is 10.6. The summed E-state index contributed by atoms with van der Waals surface area (Å²) in [5.74, 6) is 0.00680. The molecule has 1 N–H and O–H groups in total. The van der Waals surface area contributed by atoms with E-state index in [4.69, 9.17) is 5.41 Å². The Bertz CT molecular complexity index is 1160. The molecule has 28 heavy (non-hydrogen) atoms. The van der Waals surface area contributed by atoms with Crippen LogP contribution in [0.5, 0.6) is 0 Å². The summed E-state index contributed by atoms with van der Waals surface area (Å²) in [5, 5.41) is 8.70. The summed E-state index contributed by atoms with van der Waals surface area (Å²) >= 11 is 0. The number of ketones is 1. The number of halogens is 1. The lowest BCUT2D eigenvalue weighted by Gasteiger charge is -2.06. The molecule has 0 saturated heterocycles. The predicted molar refractivity (Wildman–Crippen MR) is 117 cm³/mol. The Morgan fingerprint density at radius 1 is 0.821 bits per heavy atom. The van der Waals surface area contributed by atoms with Crippen molar-refractivity contribution in [1.29, 1.82) is 5.41 Å². The number of fused-ring (bicyclic) bond motifs is 1. The van der Waals surface area contributed by atoms with Gasteiger partial charge < -0.3 is 9.13 Å². The van der Waals surface area contributed by atoms with Crippen LogP contribution < -0.4 is 5.62 Å².